The highest BCUT2D eigenvalue weighted by Gasteiger charge is 1.92. The number of allylic oxidation sites excluding steroid dienone is 3. The minimum Gasteiger partial charge on any atom is -0.290 e. The average Bonchev–Trinajstić information content (AvgIpc) is 1.84. The third kappa shape index (κ3) is 1.73. The van der Waals surface area contributed by atoms with Gasteiger partial charge < -0.3 is 0 Å². The van der Waals surface area contributed by atoms with E-state index >= 15 is 0 Å². The SMILES string of the molecule is C=CC(=O)/C(C)=C\C. The highest BCUT2D eigenvalue weighted by molar-refractivity contribution is 6.02. The number of rotatable bonds is 2. The van der Waals surface area contributed by atoms with Crippen molar-refractivity contribution in [3.63, 3.8) is 0 Å². The van der Waals surface area contributed by atoms with Crippen molar-refractivity contribution >= 4 is 5.78 Å². The van der Waals surface area contributed by atoms with E-state index in [1.165, 1.54) is 6.08 Å². The van der Waals surface area contributed by atoms with Gasteiger partial charge in [0.2, 0.25) is 0 Å². The largest absolute Gasteiger partial charge is 0.290 e. The van der Waals surface area contributed by atoms with E-state index in [2.05, 4.69) is 6.58 Å². The summed E-state index contributed by atoms with van der Waals surface area (Å²) in [6.45, 7) is 6.94. The fourth-order valence-electron chi connectivity index (χ4n) is 0.303. The molecule has 0 aliphatic rings. The molecule has 0 bridgehead atoms. The first-order chi connectivity index (χ1) is 3.72. The standard InChI is InChI=1S/C7H10O/c1-4-6(3)7(8)5-2/h4-5H,2H2,1,3H3/b6-4-. The maximum atomic E-state index is 10.6. The Morgan fingerprint density at radius 3 is 2.25 bits per heavy atom. The van der Waals surface area contributed by atoms with Gasteiger partial charge in [-0.3, -0.25) is 4.79 Å². The van der Waals surface area contributed by atoms with Crippen LogP contribution in [0, 0.1) is 0 Å². The van der Waals surface area contributed by atoms with Crippen LogP contribution in [0.15, 0.2) is 24.3 Å². The molecule has 0 rings (SSSR count). The monoisotopic (exact) mass is 110 g/mol. The molecule has 8 heavy (non-hydrogen) atoms. The Kier molecular flexibility index (Phi) is 2.85. The van der Waals surface area contributed by atoms with Crippen LogP contribution in [0.3, 0.4) is 0 Å². The second-order valence-corrected chi connectivity index (χ2v) is 1.54. The van der Waals surface area contributed by atoms with E-state index in [0.717, 1.165) is 5.57 Å². The summed E-state index contributed by atoms with van der Waals surface area (Å²) >= 11 is 0. The van der Waals surface area contributed by atoms with Crippen molar-refractivity contribution in [2.75, 3.05) is 0 Å². The first-order valence-corrected chi connectivity index (χ1v) is 2.52. The third-order valence-electron chi connectivity index (χ3n) is 1.01. The lowest BCUT2D eigenvalue weighted by molar-refractivity contribution is -0.111. The molecule has 0 heterocycles. The molecule has 0 saturated heterocycles. The number of ketones is 1. The third-order valence-corrected chi connectivity index (χ3v) is 1.01. The van der Waals surface area contributed by atoms with Gasteiger partial charge >= 0.3 is 0 Å². The summed E-state index contributed by atoms with van der Waals surface area (Å²) in [6, 6.07) is 0. The normalized spacial score (nSPS) is 11.0. The predicted octanol–water partition coefficient (Wildman–Crippen LogP) is 1.71. The van der Waals surface area contributed by atoms with E-state index in [1.54, 1.807) is 13.0 Å². The van der Waals surface area contributed by atoms with Crippen molar-refractivity contribution in [3.05, 3.63) is 24.3 Å². The summed E-state index contributed by atoms with van der Waals surface area (Å²) in [7, 11) is 0. The Morgan fingerprint density at radius 1 is 1.62 bits per heavy atom. The number of carbonyl (C=O) groups excluding carboxylic acids is 1. The van der Waals surface area contributed by atoms with Crippen LogP contribution in [0.25, 0.3) is 0 Å². The van der Waals surface area contributed by atoms with Crippen LogP contribution in [-0.2, 0) is 4.79 Å². The van der Waals surface area contributed by atoms with Crippen molar-refractivity contribution in [1.29, 1.82) is 0 Å². The van der Waals surface area contributed by atoms with Crippen molar-refractivity contribution in [2.24, 2.45) is 0 Å². The highest BCUT2D eigenvalue weighted by atomic mass is 16.1. The Hall–Kier alpha value is -0.850. The lowest BCUT2D eigenvalue weighted by Crippen LogP contribution is -1.91. The van der Waals surface area contributed by atoms with Crippen LogP contribution in [-0.4, -0.2) is 5.78 Å². The predicted molar refractivity (Wildman–Crippen MR) is 34.6 cm³/mol. The average molecular weight is 110 g/mol. The van der Waals surface area contributed by atoms with Crippen LogP contribution in [0.4, 0.5) is 0 Å². The molecule has 0 aromatic heterocycles. The second kappa shape index (κ2) is 3.19. The molecule has 0 aliphatic heterocycles. The fourth-order valence-corrected chi connectivity index (χ4v) is 0.303. The van der Waals surface area contributed by atoms with E-state index in [0.29, 0.717) is 0 Å². The molecule has 0 radical (unpaired) electrons. The Labute approximate surface area is 49.7 Å². The minimum absolute atomic E-state index is 0.00694. The maximum absolute atomic E-state index is 10.6. The summed E-state index contributed by atoms with van der Waals surface area (Å²) in [5.41, 5.74) is 0.750. The van der Waals surface area contributed by atoms with Crippen molar-refractivity contribution in [1.82, 2.24) is 0 Å². The molecule has 1 nitrogen and oxygen atoms in total. The first-order valence-electron chi connectivity index (χ1n) is 2.52. The lowest BCUT2D eigenvalue weighted by Gasteiger charge is -1.87. The van der Waals surface area contributed by atoms with E-state index in [1.807, 2.05) is 6.92 Å². The van der Waals surface area contributed by atoms with Crippen molar-refractivity contribution < 1.29 is 4.79 Å². The van der Waals surface area contributed by atoms with Gasteiger partial charge in [0.1, 0.15) is 0 Å². The number of hydrogen-bond donors (Lipinski definition) is 0. The van der Waals surface area contributed by atoms with E-state index in [9.17, 15) is 4.79 Å². The van der Waals surface area contributed by atoms with E-state index < -0.39 is 0 Å². The summed E-state index contributed by atoms with van der Waals surface area (Å²) in [5.74, 6) is 0.00694. The summed E-state index contributed by atoms with van der Waals surface area (Å²) in [5, 5.41) is 0. The summed E-state index contributed by atoms with van der Waals surface area (Å²) in [6.07, 6.45) is 3.08. The molecule has 0 N–H and O–H groups in total. The Morgan fingerprint density at radius 2 is 2.12 bits per heavy atom. The highest BCUT2D eigenvalue weighted by Crippen LogP contribution is 1.92. The fraction of sp³-hybridized carbons (Fsp3) is 0.286. The smallest absolute Gasteiger partial charge is 0.180 e. The molecule has 0 aromatic carbocycles. The molecule has 0 amide bonds. The van der Waals surface area contributed by atoms with Crippen LogP contribution >= 0.6 is 0 Å². The van der Waals surface area contributed by atoms with Gasteiger partial charge in [-0.25, -0.2) is 0 Å². The number of hydrogen-bond acceptors (Lipinski definition) is 1. The quantitative estimate of drug-likeness (QED) is 0.494. The molecule has 0 atom stereocenters. The molecule has 0 spiro atoms. The maximum Gasteiger partial charge on any atom is 0.180 e. The summed E-state index contributed by atoms with van der Waals surface area (Å²) < 4.78 is 0. The zero-order valence-corrected chi connectivity index (χ0v) is 5.27. The van der Waals surface area contributed by atoms with E-state index in [4.69, 9.17) is 0 Å². The Bertz CT molecular complexity index is 131. The van der Waals surface area contributed by atoms with Gasteiger partial charge in [0.25, 0.3) is 0 Å². The lowest BCUT2D eigenvalue weighted by atomic mass is 10.2. The van der Waals surface area contributed by atoms with Gasteiger partial charge in [0, 0.05) is 0 Å². The van der Waals surface area contributed by atoms with Gasteiger partial charge in [-0.2, -0.15) is 0 Å². The first kappa shape index (κ1) is 7.15. The van der Waals surface area contributed by atoms with Crippen molar-refractivity contribution in [2.45, 2.75) is 13.8 Å². The summed E-state index contributed by atoms with van der Waals surface area (Å²) in [4.78, 5) is 10.6. The molecule has 0 unspecified atom stereocenters. The second-order valence-electron chi connectivity index (χ2n) is 1.54. The molecule has 44 valence electrons. The van der Waals surface area contributed by atoms with Gasteiger partial charge in [-0.05, 0) is 25.5 Å². The molecular formula is C7H10O. The zero-order valence-electron chi connectivity index (χ0n) is 5.27. The van der Waals surface area contributed by atoms with Crippen LogP contribution < -0.4 is 0 Å². The van der Waals surface area contributed by atoms with Crippen LogP contribution in [0.1, 0.15) is 13.8 Å². The molecule has 0 fully saturated rings. The Balaban J connectivity index is 4.03. The minimum atomic E-state index is 0.00694. The molecule has 0 aromatic rings. The van der Waals surface area contributed by atoms with Crippen LogP contribution in [0.2, 0.25) is 0 Å². The van der Waals surface area contributed by atoms with Crippen molar-refractivity contribution in [3.8, 4) is 0 Å². The van der Waals surface area contributed by atoms with Gasteiger partial charge in [0.05, 0.1) is 0 Å². The van der Waals surface area contributed by atoms with Gasteiger partial charge in [-0.15, -0.1) is 0 Å². The topological polar surface area (TPSA) is 17.1 Å². The van der Waals surface area contributed by atoms with Gasteiger partial charge in [0.15, 0.2) is 5.78 Å². The van der Waals surface area contributed by atoms with E-state index in [-0.39, 0.29) is 5.78 Å². The van der Waals surface area contributed by atoms with Crippen LogP contribution in [0.5, 0.6) is 0 Å². The zero-order chi connectivity index (χ0) is 6.57. The molecule has 0 saturated carbocycles. The number of carbonyl (C=O) groups is 1. The molecular weight excluding hydrogens is 100 g/mol. The molecule has 0 aliphatic carbocycles. The van der Waals surface area contributed by atoms with Gasteiger partial charge in [-0.1, -0.05) is 12.7 Å². The molecule has 1 heteroatoms.